The third-order valence-corrected chi connectivity index (χ3v) is 10.2. The van der Waals surface area contributed by atoms with Gasteiger partial charge < -0.3 is 14.8 Å². The Bertz CT molecular complexity index is 2610. The van der Waals surface area contributed by atoms with Crippen LogP contribution in [0, 0.1) is 11.6 Å². The fourth-order valence-electron chi connectivity index (χ4n) is 6.09. The summed E-state index contributed by atoms with van der Waals surface area (Å²) in [5.41, 5.74) is -0.406. The van der Waals surface area contributed by atoms with Crippen LogP contribution in [0.3, 0.4) is 0 Å². The Labute approximate surface area is 328 Å². The number of rotatable bonds is 10. The summed E-state index contributed by atoms with van der Waals surface area (Å²) >= 11 is 10.2. The molecule has 18 heteroatoms. The van der Waals surface area contributed by atoms with E-state index in [2.05, 4.69) is 31.3 Å². The number of ether oxygens (including phenoxy) is 2. The second-order valence-electron chi connectivity index (χ2n) is 13.7. The molecule has 55 heavy (non-hydrogen) atoms. The number of hydrogen-bond donors (Lipinski definition) is 1. The van der Waals surface area contributed by atoms with E-state index in [1.807, 2.05) is 0 Å². The lowest BCUT2D eigenvalue weighted by molar-refractivity contribution is 0.0500. The molecule has 1 atom stereocenters. The number of nitrogens with zero attached hydrogens (tertiary/aromatic N) is 6. The minimum Gasteiger partial charge on any atom is -0.497 e. The predicted molar refractivity (Wildman–Crippen MR) is 208 cm³/mol. The maximum atomic E-state index is 14.7. The molecule has 13 nitrogen and oxygen atoms in total. The number of nitrogens with one attached hydrogen (secondary N) is 1. The van der Waals surface area contributed by atoms with Crippen molar-refractivity contribution in [1.29, 1.82) is 0 Å². The van der Waals surface area contributed by atoms with Gasteiger partial charge in [-0.1, -0.05) is 23.7 Å². The number of benzene rings is 3. The Morgan fingerprint density at radius 3 is 2.35 bits per heavy atom. The SMILES string of the molecule is COc1ccc(CN(c2nn(C)c3c(-n4c(C(Cc5cc(F)cc(F)c5)NC(=O)OC(C)(C)C)nc5cc(Br)cnc5c4=O)ccc(Cl)c23)S(C)(=O)=O)cc1. The number of aryl methyl sites for hydroxylation is 1. The zero-order valence-corrected chi connectivity index (χ0v) is 33.6. The van der Waals surface area contributed by atoms with E-state index in [9.17, 15) is 26.8 Å². The Kier molecular flexibility index (Phi) is 10.9. The second-order valence-corrected chi connectivity index (χ2v) is 16.9. The number of pyridine rings is 1. The van der Waals surface area contributed by atoms with Crippen molar-refractivity contribution in [3.8, 4) is 11.4 Å². The number of hydrogen-bond acceptors (Lipinski definition) is 9. The topological polar surface area (TPSA) is 151 Å². The standard InChI is InChI=1S/C37H35BrClF2N7O6S/c1-37(2,3)54-36(50)44-28(15-21-13-23(40)17-24(41)14-21)33-43-27-16-22(38)18-42-31(27)35(49)48(33)29-12-11-26(39)30-32(29)46(4)45-34(30)47(55(6,51)52)19-20-7-9-25(53-5)10-8-20/h7-14,16-18,28H,15,19H2,1-6H3,(H,44,50). The first kappa shape index (κ1) is 39.6. The van der Waals surface area contributed by atoms with E-state index in [0.29, 0.717) is 21.9 Å². The van der Waals surface area contributed by atoms with Gasteiger partial charge in [0.15, 0.2) is 11.3 Å². The molecule has 0 saturated carbocycles. The van der Waals surface area contributed by atoms with Crippen LogP contribution < -0.4 is 19.9 Å². The number of carbonyl (C=O) groups excluding carboxylic acids is 1. The van der Waals surface area contributed by atoms with Crippen molar-refractivity contribution in [1.82, 2.24) is 29.6 Å². The van der Waals surface area contributed by atoms with Crippen LogP contribution in [0.4, 0.5) is 19.4 Å². The summed E-state index contributed by atoms with van der Waals surface area (Å²) in [6, 6.07) is 13.1. The van der Waals surface area contributed by atoms with Crippen molar-refractivity contribution < 1.29 is 31.5 Å². The summed E-state index contributed by atoms with van der Waals surface area (Å²) in [5.74, 6) is -1.21. The van der Waals surface area contributed by atoms with Gasteiger partial charge in [0.25, 0.3) is 5.56 Å². The van der Waals surface area contributed by atoms with Crippen LogP contribution in [-0.2, 0) is 34.8 Å². The van der Waals surface area contributed by atoms with Gasteiger partial charge in [0.05, 0.1) is 53.1 Å². The molecule has 0 aliphatic rings. The number of amides is 1. The Morgan fingerprint density at radius 1 is 1.05 bits per heavy atom. The number of carbonyl (C=O) groups is 1. The van der Waals surface area contributed by atoms with Crippen molar-refractivity contribution >= 4 is 71.4 Å². The monoisotopic (exact) mass is 857 g/mol. The number of anilines is 1. The third-order valence-electron chi connectivity index (χ3n) is 8.33. The van der Waals surface area contributed by atoms with Crippen molar-refractivity contribution in [3.05, 3.63) is 115 Å². The fraction of sp³-hybridized carbons (Fsp3) is 0.270. The Morgan fingerprint density at radius 2 is 1.73 bits per heavy atom. The van der Waals surface area contributed by atoms with Crippen LogP contribution >= 0.6 is 27.5 Å². The summed E-state index contributed by atoms with van der Waals surface area (Å²) in [6.45, 7) is 4.87. The lowest BCUT2D eigenvalue weighted by Crippen LogP contribution is -2.39. The molecule has 3 aromatic carbocycles. The number of halogens is 4. The van der Waals surface area contributed by atoms with E-state index in [-0.39, 0.29) is 62.8 Å². The number of fused-ring (bicyclic) bond motifs is 2. The molecule has 0 aliphatic carbocycles. The second kappa shape index (κ2) is 15.2. The van der Waals surface area contributed by atoms with Gasteiger partial charge in [0.2, 0.25) is 10.0 Å². The highest BCUT2D eigenvalue weighted by Crippen LogP contribution is 2.38. The van der Waals surface area contributed by atoms with E-state index in [1.54, 1.807) is 58.2 Å². The van der Waals surface area contributed by atoms with E-state index >= 15 is 0 Å². The highest BCUT2D eigenvalue weighted by molar-refractivity contribution is 9.10. The van der Waals surface area contributed by atoms with Gasteiger partial charge in [-0.25, -0.2) is 36.3 Å². The van der Waals surface area contributed by atoms with Crippen molar-refractivity contribution in [2.45, 2.75) is 45.4 Å². The quantitative estimate of drug-likeness (QED) is 0.152. The molecule has 0 saturated heterocycles. The van der Waals surface area contributed by atoms with Gasteiger partial charge in [-0.05, 0) is 90.3 Å². The summed E-state index contributed by atoms with van der Waals surface area (Å²) in [5, 5.41) is 7.66. The average molecular weight is 859 g/mol. The number of methoxy groups -OCH3 is 1. The molecule has 1 N–H and O–H groups in total. The van der Waals surface area contributed by atoms with Gasteiger partial charge in [0, 0.05) is 30.2 Å². The highest BCUT2D eigenvalue weighted by Gasteiger charge is 2.31. The van der Waals surface area contributed by atoms with Gasteiger partial charge in [-0.3, -0.25) is 14.0 Å². The molecule has 6 rings (SSSR count). The van der Waals surface area contributed by atoms with E-state index in [4.69, 9.17) is 26.1 Å². The first-order chi connectivity index (χ1) is 25.8. The summed E-state index contributed by atoms with van der Waals surface area (Å²) in [4.78, 5) is 37.2. The van der Waals surface area contributed by atoms with Crippen LogP contribution in [0.25, 0.3) is 27.6 Å². The van der Waals surface area contributed by atoms with Crippen LogP contribution in [0.2, 0.25) is 5.02 Å². The molecular formula is C37H35BrClF2N7O6S. The molecule has 3 aromatic heterocycles. The highest BCUT2D eigenvalue weighted by atomic mass is 79.9. The predicted octanol–water partition coefficient (Wildman–Crippen LogP) is 7.14. The zero-order chi connectivity index (χ0) is 40.0. The smallest absolute Gasteiger partial charge is 0.408 e. The third kappa shape index (κ3) is 8.58. The minimum atomic E-state index is -3.99. The van der Waals surface area contributed by atoms with Crippen molar-refractivity contribution in [2.24, 2.45) is 7.05 Å². The lowest BCUT2D eigenvalue weighted by Gasteiger charge is -2.26. The molecule has 1 amide bonds. The molecule has 6 aromatic rings. The van der Waals surface area contributed by atoms with Gasteiger partial charge in [-0.2, -0.15) is 5.10 Å². The number of sulfonamides is 1. The van der Waals surface area contributed by atoms with E-state index in [1.165, 1.54) is 34.7 Å². The van der Waals surface area contributed by atoms with Gasteiger partial charge in [-0.15, -0.1) is 0 Å². The molecular weight excluding hydrogens is 824 g/mol. The van der Waals surface area contributed by atoms with Crippen LogP contribution in [0.15, 0.2) is 76.1 Å². The molecule has 0 bridgehead atoms. The summed E-state index contributed by atoms with van der Waals surface area (Å²) in [6.07, 6.45) is 1.32. The van der Waals surface area contributed by atoms with Crippen LogP contribution in [0.1, 0.15) is 43.8 Å². The summed E-state index contributed by atoms with van der Waals surface area (Å²) < 4.78 is 70.8. The largest absolute Gasteiger partial charge is 0.497 e. The molecule has 0 fully saturated rings. The lowest BCUT2D eigenvalue weighted by atomic mass is 10.0. The molecule has 0 spiro atoms. The average Bonchev–Trinajstić information content (AvgIpc) is 3.43. The minimum absolute atomic E-state index is 0.0215. The van der Waals surface area contributed by atoms with Crippen molar-refractivity contribution in [2.75, 3.05) is 17.7 Å². The van der Waals surface area contributed by atoms with Gasteiger partial charge >= 0.3 is 6.09 Å². The number of aromatic nitrogens is 5. The van der Waals surface area contributed by atoms with Crippen molar-refractivity contribution in [3.63, 3.8) is 0 Å². The Hall–Kier alpha value is -5.13. The van der Waals surface area contributed by atoms with Crippen LogP contribution in [-0.4, -0.2) is 57.8 Å². The van der Waals surface area contributed by atoms with Crippen LogP contribution in [0.5, 0.6) is 5.75 Å². The first-order valence-electron chi connectivity index (χ1n) is 16.6. The Balaban J connectivity index is 1.63. The maximum absolute atomic E-state index is 14.7. The first-order valence-corrected chi connectivity index (χ1v) is 19.6. The molecule has 1 unspecified atom stereocenters. The van der Waals surface area contributed by atoms with Gasteiger partial charge in [0.1, 0.15) is 28.8 Å². The molecule has 288 valence electrons. The number of alkyl carbamates (subject to hydrolysis) is 1. The maximum Gasteiger partial charge on any atom is 0.408 e. The molecule has 0 aliphatic heterocycles. The van der Waals surface area contributed by atoms with E-state index in [0.717, 1.165) is 22.7 Å². The fourth-order valence-corrected chi connectivity index (χ4v) is 7.47. The zero-order valence-electron chi connectivity index (χ0n) is 30.4. The normalized spacial score (nSPS) is 12.5. The molecule has 0 radical (unpaired) electrons. The summed E-state index contributed by atoms with van der Waals surface area (Å²) in [7, 11) is -0.913. The van der Waals surface area contributed by atoms with E-state index < -0.39 is 45.0 Å². The molecule has 3 heterocycles.